The van der Waals surface area contributed by atoms with Crippen molar-refractivity contribution in [3.8, 4) is 28.1 Å². The smallest absolute Gasteiger partial charge is 0.279 e. The molecule has 0 spiro atoms. The number of amides is 1. The first-order valence-corrected chi connectivity index (χ1v) is 11.4. The quantitative estimate of drug-likeness (QED) is 0.229. The number of hydrogen-bond donors (Lipinski definition) is 4. The zero-order valence-electron chi connectivity index (χ0n) is 19.3. The Kier molecular flexibility index (Phi) is 6.17. The molecule has 178 valence electrons. The van der Waals surface area contributed by atoms with E-state index in [4.69, 9.17) is 9.72 Å². The van der Waals surface area contributed by atoms with E-state index in [-0.39, 0.29) is 23.5 Å². The second kappa shape index (κ2) is 9.42. The molecule has 35 heavy (non-hydrogen) atoms. The fourth-order valence-corrected chi connectivity index (χ4v) is 4.23. The Bertz CT molecular complexity index is 1370. The van der Waals surface area contributed by atoms with Crippen LogP contribution >= 0.6 is 0 Å². The lowest BCUT2D eigenvalue weighted by atomic mass is 9.99. The Morgan fingerprint density at radius 1 is 1.03 bits per heavy atom. The number of carbonyl (C=O) groups excluding carboxylic acids is 1. The van der Waals surface area contributed by atoms with E-state index in [2.05, 4.69) is 34.6 Å². The predicted molar refractivity (Wildman–Crippen MR) is 132 cm³/mol. The molecule has 0 aliphatic heterocycles. The number of ether oxygens (including phenoxy) is 1. The summed E-state index contributed by atoms with van der Waals surface area (Å²) in [6.45, 7) is 0.907. The number of aliphatic hydroxyl groups is 1. The minimum Gasteiger partial charge on any atom is -0.494 e. The van der Waals surface area contributed by atoms with E-state index >= 15 is 0 Å². The first-order valence-electron chi connectivity index (χ1n) is 11.4. The van der Waals surface area contributed by atoms with E-state index in [1.807, 2.05) is 24.3 Å². The molecule has 1 aliphatic rings. The largest absolute Gasteiger partial charge is 0.494 e. The van der Waals surface area contributed by atoms with Crippen LogP contribution in [0.4, 0.5) is 0 Å². The van der Waals surface area contributed by atoms with Gasteiger partial charge in [0.2, 0.25) is 0 Å². The molecular weight excluding hydrogens is 444 g/mol. The first-order chi connectivity index (χ1) is 17.1. The maximum absolute atomic E-state index is 12.5. The highest BCUT2D eigenvalue weighted by atomic mass is 16.5. The Morgan fingerprint density at radius 3 is 2.29 bits per heavy atom. The van der Waals surface area contributed by atoms with Gasteiger partial charge < -0.3 is 15.2 Å². The summed E-state index contributed by atoms with van der Waals surface area (Å²) < 4.78 is 5.57. The van der Waals surface area contributed by atoms with Crippen LogP contribution < -0.4 is 15.5 Å². The minimum absolute atomic E-state index is 0.0827. The van der Waals surface area contributed by atoms with Crippen LogP contribution in [0.5, 0.6) is 5.75 Å². The zero-order valence-corrected chi connectivity index (χ0v) is 19.3. The van der Waals surface area contributed by atoms with Crippen molar-refractivity contribution in [2.75, 3.05) is 13.7 Å². The van der Waals surface area contributed by atoms with Crippen molar-refractivity contribution >= 4 is 16.8 Å². The Labute approximate surface area is 202 Å². The van der Waals surface area contributed by atoms with Gasteiger partial charge in [0.15, 0.2) is 5.75 Å². The summed E-state index contributed by atoms with van der Waals surface area (Å²) in [4.78, 5) is 21.3. The normalized spacial score (nSPS) is 14.0. The summed E-state index contributed by atoms with van der Waals surface area (Å²) in [5.74, 6) is -0.431. The summed E-state index contributed by atoms with van der Waals surface area (Å²) in [5.41, 5.74) is 6.90. The van der Waals surface area contributed by atoms with Crippen LogP contribution in [0.2, 0.25) is 0 Å². The van der Waals surface area contributed by atoms with Crippen LogP contribution in [0.25, 0.3) is 33.3 Å². The lowest BCUT2D eigenvalue weighted by molar-refractivity contribution is 0.0705. The topological polar surface area (TPSA) is 117 Å². The third-order valence-electron chi connectivity index (χ3n) is 6.54. The van der Waals surface area contributed by atoms with Crippen LogP contribution in [0.1, 0.15) is 28.8 Å². The average molecular weight is 471 g/mol. The van der Waals surface area contributed by atoms with Crippen LogP contribution in [-0.2, 0) is 6.54 Å². The molecule has 4 N–H and O–H groups in total. The number of aromatic nitrogens is 2. The van der Waals surface area contributed by atoms with Crippen molar-refractivity contribution in [3.05, 3.63) is 78.1 Å². The Hall–Kier alpha value is -3.85. The molecule has 8 nitrogen and oxygen atoms in total. The van der Waals surface area contributed by atoms with Crippen molar-refractivity contribution in [2.45, 2.75) is 24.9 Å². The summed E-state index contributed by atoms with van der Waals surface area (Å²) in [7, 11) is 1.47. The fourth-order valence-electron chi connectivity index (χ4n) is 4.23. The van der Waals surface area contributed by atoms with Crippen LogP contribution in [0.3, 0.4) is 0 Å². The number of fused-ring (bicyclic) bond motifs is 1. The van der Waals surface area contributed by atoms with Gasteiger partial charge in [0.25, 0.3) is 5.91 Å². The van der Waals surface area contributed by atoms with Crippen LogP contribution in [0, 0.1) is 0 Å². The van der Waals surface area contributed by atoms with Gasteiger partial charge in [0, 0.05) is 35.4 Å². The molecule has 0 unspecified atom stereocenters. The fraction of sp³-hybridized carbons (Fsp3) is 0.222. The van der Waals surface area contributed by atoms with Crippen molar-refractivity contribution < 1.29 is 19.8 Å². The van der Waals surface area contributed by atoms with Gasteiger partial charge in [0.05, 0.1) is 24.8 Å². The second-order valence-corrected chi connectivity index (χ2v) is 8.77. The number of hydrogen-bond acceptors (Lipinski definition) is 7. The lowest BCUT2D eigenvalue weighted by Crippen LogP contribution is -2.34. The number of pyridine rings is 2. The molecule has 5 rings (SSSR count). The predicted octanol–water partition coefficient (Wildman–Crippen LogP) is 3.71. The standard InChI is InChI=1S/C27H26N4O4/c1-35-25-23(26(33)31-34)21-15-28-13-10-22(21)30-24(25)20-8-6-19(7-9-20)18-4-2-17(3-5-18)14-29-27(16-32)11-12-27/h2-10,13,15,29,32,34H,11-12,14,16H2,1H3,(H,31,33). The Balaban J connectivity index is 1.44. The SMILES string of the molecule is COc1c(-c2ccc(-c3ccc(CNC4(CO)CC4)cc3)cc2)nc2ccncc2c1C(=O)NO. The van der Waals surface area contributed by atoms with Gasteiger partial charge in [-0.25, -0.2) is 10.5 Å². The molecule has 1 fully saturated rings. The molecule has 1 amide bonds. The van der Waals surface area contributed by atoms with Crippen molar-refractivity contribution in [3.63, 3.8) is 0 Å². The van der Waals surface area contributed by atoms with Gasteiger partial charge in [-0.05, 0) is 35.6 Å². The van der Waals surface area contributed by atoms with Crippen molar-refractivity contribution in [1.82, 2.24) is 20.8 Å². The zero-order chi connectivity index (χ0) is 24.4. The van der Waals surface area contributed by atoms with Crippen LogP contribution in [0.15, 0.2) is 67.0 Å². The highest BCUT2D eigenvalue weighted by Gasteiger charge is 2.41. The third kappa shape index (κ3) is 4.46. The van der Waals surface area contributed by atoms with Crippen molar-refractivity contribution in [1.29, 1.82) is 0 Å². The molecule has 4 aromatic rings. The van der Waals surface area contributed by atoms with Crippen LogP contribution in [-0.4, -0.2) is 45.4 Å². The number of benzene rings is 2. The molecule has 2 aromatic carbocycles. The summed E-state index contributed by atoms with van der Waals surface area (Å²) >= 11 is 0. The van der Waals surface area contributed by atoms with E-state index in [0.717, 1.165) is 36.1 Å². The van der Waals surface area contributed by atoms with Gasteiger partial charge in [-0.15, -0.1) is 0 Å². The maximum Gasteiger partial charge on any atom is 0.279 e. The third-order valence-corrected chi connectivity index (χ3v) is 6.54. The van der Waals surface area contributed by atoms with Gasteiger partial charge in [-0.2, -0.15) is 0 Å². The lowest BCUT2D eigenvalue weighted by Gasteiger charge is -2.15. The number of nitrogens with zero attached hydrogens (tertiary/aromatic N) is 2. The minimum atomic E-state index is -0.693. The number of aliphatic hydroxyl groups excluding tert-OH is 1. The average Bonchev–Trinajstić information content (AvgIpc) is 3.71. The molecule has 0 radical (unpaired) electrons. The van der Waals surface area contributed by atoms with E-state index < -0.39 is 5.91 Å². The molecule has 1 aliphatic carbocycles. The van der Waals surface area contributed by atoms with E-state index in [1.54, 1.807) is 17.7 Å². The molecule has 8 heteroatoms. The number of methoxy groups -OCH3 is 1. The van der Waals surface area contributed by atoms with Gasteiger partial charge in [-0.1, -0.05) is 48.5 Å². The number of hydroxylamine groups is 1. The van der Waals surface area contributed by atoms with Crippen molar-refractivity contribution in [2.24, 2.45) is 0 Å². The van der Waals surface area contributed by atoms with E-state index in [1.165, 1.54) is 18.9 Å². The van der Waals surface area contributed by atoms with Gasteiger partial charge >= 0.3 is 0 Å². The molecule has 1 saturated carbocycles. The maximum atomic E-state index is 12.5. The molecule has 0 atom stereocenters. The molecule has 0 bridgehead atoms. The number of nitrogens with one attached hydrogen (secondary N) is 2. The number of rotatable bonds is 8. The number of carbonyl (C=O) groups is 1. The van der Waals surface area contributed by atoms with E-state index in [9.17, 15) is 15.1 Å². The van der Waals surface area contributed by atoms with Gasteiger partial charge in [0.1, 0.15) is 5.69 Å². The molecule has 2 aromatic heterocycles. The summed E-state index contributed by atoms with van der Waals surface area (Å²) in [6.07, 6.45) is 5.17. The van der Waals surface area contributed by atoms with E-state index in [0.29, 0.717) is 16.6 Å². The highest BCUT2D eigenvalue weighted by molar-refractivity contribution is 6.09. The molecule has 2 heterocycles. The first kappa shape index (κ1) is 22.9. The highest BCUT2D eigenvalue weighted by Crippen LogP contribution is 2.37. The Morgan fingerprint density at radius 2 is 1.69 bits per heavy atom. The molecular formula is C27H26N4O4. The second-order valence-electron chi connectivity index (χ2n) is 8.77. The monoisotopic (exact) mass is 470 g/mol. The summed E-state index contributed by atoms with van der Waals surface area (Å²) in [5, 5.41) is 22.7. The molecule has 0 saturated heterocycles. The summed E-state index contributed by atoms with van der Waals surface area (Å²) in [6, 6.07) is 17.9. The van der Waals surface area contributed by atoms with Gasteiger partial charge in [-0.3, -0.25) is 15.0 Å².